The van der Waals surface area contributed by atoms with Gasteiger partial charge < -0.3 is 10.1 Å². The fourth-order valence-electron chi connectivity index (χ4n) is 2.04. The van der Waals surface area contributed by atoms with Gasteiger partial charge in [-0.15, -0.1) is 0 Å². The monoisotopic (exact) mass is 199 g/mol. The molecule has 0 radical (unpaired) electrons. The van der Waals surface area contributed by atoms with Gasteiger partial charge in [-0.1, -0.05) is 26.7 Å². The molecule has 0 spiro atoms. The highest BCUT2D eigenvalue weighted by atomic mass is 16.5. The van der Waals surface area contributed by atoms with Crippen LogP contribution in [0, 0.1) is 11.8 Å². The van der Waals surface area contributed by atoms with Gasteiger partial charge in [-0.3, -0.25) is 0 Å². The van der Waals surface area contributed by atoms with Crippen LogP contribution in [0.5, 0.6) is 0 Å². The largest absolute Gasteiger partial charge is 0.381 e. The first kappa shape index (κ1) is 12.0. The molecule has 0 bridgehead atoms. The molecule has 0 aromatic heterocycles. The topological polar surface area (TPSA) is 21.3 Å². The van der Waals surface area contributed by atoms with Crippen molar-refractivity contribution in [2.24, 2.45) is 11.8 Å². The summed E-state index contributed by atoms with van der Waals surface area (Å²) in [6, 6.07) is 0. The van der Waals surface area contributed by atoms with Gasteiger partial charge in [0.25, 0.3) is 0 Å². The Bertz CT molecular complexity index is 128. The highest BCUT2D eigenvalue weighted by Crippen LogP contribution is 2.12. The van der Waals surface area contributed by atoms with Crippen LogP contribution in [0.25, 0.3) is 0 Å². The van der Waals surface area contributed by atoms with Crippen LogP contribution in [0.2, 0.25) is 0 Å². The van der Waals surface area contributed by atoms with Gasteiger partial charge in [-0.25, -0.2) is 0 Å². The predicted octanol–water partition coefficient (Wildman–Crippen LogP) is 2.44. The second-order valence-electron chi connectivity index (χ2n) is 4.42. The van der Waals surface area contributed by atoms with E-state index in [4.69, 9.17) is 4.74 Å². The summed E-state index contributed by atoms with van der Waals surface area (Å²) in [7, 11) is 0. The van der Waals surface area contributed by atoms with Gasteiger partial charge in [0, 0.05) is 13.2 Å². The minimum Gasteiger partial charge on any atom is -0.381 e. The third-order valence-corrected chi connectivity index (χ3v) is 3.28. The maximum atomic E-state index is 5.45. The van der Waals surface area contributed by atoms with E-state index in [9.17, 15) is 0 Å². The summed E-state index contributed by atoms with van der Waals surface area (Å²) >= 11 is 0. The third kappa shape index (κ3) is 4.43. The van der Waals surface area contributed by atoms with Crippen molar-refractivity contribution in [2.75, 3.05) is 26.3 Å². The van der Waals surface area contributed by atoms with Gasteiger partial charge in [0.05, 0.1) is 6.61 Å². The molecule has 0 aromatic rings. The Kier molecular flexibility index (Phi) is 6.20. The number of nitrogens with one attached hydrogen (secondary N) is 1. The average molecular weight is 199 g/mol. The summed E-state index contributed by atoms with van der Waals surface area (Å²) < 4.78 is 5.45. The zero-order valence-corrected chi connectivity index (χ0v) is 9.72. The van der Waals surface area contributed by atoms with Crippen molar-refractivity contribution in [2.45, 2.75) is 39.5 Å². The van der Waals surface area contributed by atoms with Crippen LogP contribution in [0.1, 0.15) is 39.5 Å². The summed E-state index contributed by atoms with van der Waals surface area (Å²) in [6.07, 6.45) is 5.18. The average Bonchev–Trinajstić information content (AvgIpc) is 2.26. The molecule has 1 N–H and O–H groups in total. The molecule has 2 nitrogen and oxygen atoms in total. The minimum absolute atomic E-state index is 0.762. The van der Waals surface area contributed by atoms with E-state index >= 15 is 0 Å². The van der Waals surface area contributed by atoms with E-state index in [1.54, 1.807) is 0 Å². The SMILES string of the molecule is CCC(CC)CNCC1CCCOC1. The van der Waals surface area contributed by atoms with Crippen LogP contribution in [0.4, 0.5) is 0 Å². The van der Waals surface area contributed by atoms with Crippen molar-refractivity contribution in [1.29, 1.82) is 0 Å². The van der Waals surface area contributed by atoms with E-state index in [0.717, 1.165) is 31.6 Å². The molecule has 1 rings (SSSR count). The van der Waals surface area contributed by atoms with E-state index in [-0.39, 0.29) is 0 Å². The zero-order chi connectivity index (χ0) is 10.2. The molecular weight excluding hydrogens is 174 g/mol. The highest BCUT2D eigenvalue weighted by Gasteiger charge is 2.13. The molecule has 0 amide bonds. The summed E-state index contributed by atoms with van der Waals surface area (Å²) in [5.41, 5.74) is 0. The molecule has 1 aliphatic rings. The molecule has 1 unspecified atom stereocenters. The lowest BCUT2D eigenvalue weighted by molar-refractivity contribution is 0.0545. The lowest BCUT2D eigenvalue weighted by Crippen LogP contribution is -2.32. The van der Waals surface area contributed by atoms with Gasteiger partial charge in [0.1, 0.15) is 0 Å². The molecule has 0 aliphatic carbocycles. The summed E-state index contributed by atoms with van der Waals surface area (Å²) in [5, 5.41) is 3.58. The van der Waals surface area contributed by atoms with Gasteiger partial charge in [0.2, 0.25) is 0 Å². The smallest absolute Gasteiger partial charge is 0.0506 e. The number of hydrogen-bond donors (Lipinski definition) is 1. The van der Waals surface area contributed by atoms with Gasteiger partial charge in [0.15, 0.2) is 0 Å². The van der Waals surface area contributed by atoms with Crippen molar-refractivity contribution in [3.05, 3.63) is 0 Å². The first-order valence-corrected chi connectivity index (χ1v) is 6.15. The molecule has 0 aromatic carbocycles. The third-order valence-electron chi connectivity index (χ3n) is 3.28. The predicted molar refractivity (Wildman–Crippen MR) is 60.5 cm³/mol. The highest BCUT2D eigenvalue weighted by molar-refractivity contribution is 4.67. The van der Waals surface area contributed by atoms with E-state index in [2.05, 4.69) is 19.2 Å². The fourth-order valence-corrected chi connectivity index (χ4v) is 2.04. The van der Waals surface area contributed by atoms with Gasteiger partial charge in [-0.05, 0) is 31.2 Å². The van der Waals surface area contributed by atoms with Crippen LogP contribution in [0.3, 0.4) is 0 Å². The standard InChI is InChI=1S/C12H25NO/c1-3-11(4-2)8-13-9-12-6-5-7-14-10-12/h11-13H,3-10H2,1-2H3. The quantitative estimate of drug-likeness (QED) is 0.709. The van der Waals surface area contributed by atoms with Crippen LogP contribution in [0.15, 0.2) is 0 Å². The molecule has 0 saturated carbocycles. The second kappa shape index (κ2) is 7.24. The molecule has 1 aliphatic heterocycles. The lowest BCUT2D eigenvalue weighted by atomic mass is 10.0. The van der Waals surface area contributed by atoms with Crippen molar-refractivity contribution < 1.29 is 4.74 Å². The summed E-state index contributed by atoms with van der Waals surface area (Å²) in [6.45, 7) is 8.83. The van der Waals surface area contributed by atoms with Crippen LogP contribution < -0.4 is 5.32 Å². The molecule has 14 heavy (non-hydrogen) atoms. The Morgan fingerprint density at radius 2 is 2.14 bits per heavy atom. The molecule has 1 saturated heterocycles. The Labute approximate surface area is 88.4 Å². The van der Waals surface area contributed by atoms with Crippen molar-refractivity contribution in [3.63, 3.8) is 0 Å². The van der Waals surface area contributed by atoms with E-state index < -0.39 is 0 Å². The van der Waals surface area contributed by atoms with Crippen molar-refractivity contribution in [1.82, 2.24) is 5.32 Å². The van der Waals surface area contributed by atoms with Crippen molar-refractivity contribution in [3.8, 4) is 0 Å². The molecule has 1 atom stereocenters. The Hall–Kier alpha value is -0.0800. The Morgan fingerprint density at radius 1 is 1.36 bits per heavy atom. The Morgan fingerprint density at radius 3 is 2.71 bits per heavy atom. The summed E-state index contributed by atoms with van der Waals surface area (Å²) in [5.74, 6) is 1.62. The molecule has 1 heterocycles. The van der Waals surface area contributed by atoms with E-state index in [0.29, 0.717) is 0 Å². The molecule has 2 heteroatoms. The lowest BCUT2D eigenvalue weighted by Gasteiger charge is -2.23. The zero-order valence-electron chi connectivity index (χ0n) is 9.72. The fraction of sp³-hybridized carbons (Fsp3) is 1.00. The number of hydrogen-bond acceptors (Lipinski definition) is 2. The van der Waals surface area contributed by atoms with Crippen LogP contribution in [-0.4, -0.2) is 26.3 Å². The number of ether oxygens (including phenoxy) is 1. The van der Waals surface area contributed by atoms with Crippen molar-refractivity contribution >= 4 is 0 Å². The molecule has 1 fully saturated rings. The summed E-state index contributed by atoms with van der Waals surface area (Å²) in [4.78, 5) is 0. The maximum absolute atomic E-state index is 5.45. The second-order valence-corrected chi connectivity index (χ2v) is 4.42. The van der Waals surface area contributed by atoms with Gasteiger partial charge >= 0.3 is 0 Å². The molecule has 84 valence electrons. The number of rotatable bonds is 6. The molecular formula is C12H25NO. The van der Waals surface area contributed by atoms with E-state index in [1.807, 2.05) is 0 Å². The van der Waals surface area contributed by atoms with E-state index in [1.165, 1.54) is 32.2 Å². The van der Waals surface area contributed by atoms with Crippen LogP contribution >= 0.6 is 0 Å². The normalized spacial score (nSPS) is 22.9. The van der Waals surface area contributed by atoms with Crippen LogP contribution in [-0.2, 0) is 4.74 Å². The Balaban J connectivity index is 2.01. The maximum Gasteiger partial charge on any atom is 0.0506 e. The first-order valence-electron chi connectivity index (χ1n) is 6.15. The first-order chi connectivity index (χ1) is 6.86. The minimum atomic E-state index is 0.762. The van der Waals surface area contributed by atoms with Gasteiger partial charge in [-0.2, -0.15) is 0 Å².